The molecule has 5 aromatic rings. The molecule has 0 atom stereocenters. The van der Waals surface area contributed by atoms with Gasteiger partial charge in [0.1, 0.15) is 0 Å². The fraction of sp³-hybridized carbons (Fsp3) is 0.115. The molecule has 33 heavy (non-hydrogen) atoms. The van der Waals surface area contributed by atoms with Crippen LogP contribution in [0.25, 0.3) is 33.1 Å². The number of aromatic nitrogens is 3. The number of aromatic carboxylic acids is 1. The maximum absolute atomic E-state index is 11.3. The molecule has 0 saturated heterocycles. The van der Waals surface area contributed by atoms with Crippen LogP contribution in [-0.4, -0.2) is 40.5 Å². The smallest absolute Gasteiger partial charge is 0.335 e. The molecule has 0 unspecified atom stereocenters. The number of carbonyl (C=O) groups is 1. The number of benzene rings is 3. The Labute approximate surface area is 189 Å². The van der Waals surface area contributed by atoms with Crippen LogP contribution in [0.2, 0.25) is 0 Å². The summed E-state index contributed by atoms with van der Waals surface area (Å²) in [5.41, 5.74) is 4.45. The second kappa shape index (κ2) is 8.27. The van der Waals surface area contributed by atoms with Gasteiger partial charge in [-0.15, -0.1) is 0 Å². The van der Waals surface area contributed by atoms with Crippen LogP contribution in [0.15, 0.2) is 66.9 Å². The van der Waals surface area contributed by atoms with E-state index in [0.717, 1.165) is 32.8 Å². The number of carboxylic acids is 1. The minimum atomic E-state index is -0.972. The van der Waals surface area contributed by atoms with Gasteiger partial charge in [-0.25, -0.2) is 9.78 Å². The van der Waals surface area contributed by atoms with Gasteiger partial charge < -0.3 is 14.6 Å². The molecule has 164 valence electrons. The number of pyridine rings is 1. The number of methoxy groups -OCH3 is 2. The van der Waals surface area contributed by atoms with Gasteiger partial charge in [0.2, 0.25) is 0 Å². The Morgan fingerprint density at radius 3 is 2.42 bits per heavy atom. The molecule has 7 heteroatoms. The number of nitrogens with zero attached hydrogens (tertiary/aromatic N) is 2. The van der Waals surface area contributed by atoms with Crippen LogP contribution < -0.4 is 9.47 Å². The van der Waals surface area contributed by atoms with Crippen molar-refractivity contribution in [3.8, 4) is 22.8 Å². The van der Waals surface area contributed by atoms with Gasteiger partial charge in [0.25, 0.3) is 0 Å². The van der Waals surface area contributed by atoms with Crippen molar-refractivity contribution in [3.05, 3.63) is 83.6 Å². The van der Waals surface area contributed by atoms with Gasteiger partial charge >= 0.3 is 5.97 Å². The summed E-state index contributed by atoms with van der Waals surface area (Å²) in [6.45, 7) is 0. The quantitative estimate of drug-likeness (QED) is 0.383. The fourth-order valence-electron chi connectivity index (χ4n) is 4.24. The average Bonchev–Trinajstić information content (AvgIpc) is 3.32. The van der Waals surface area contributed by atoms with E-state index in [9.17, 15) is 9.90 Å². The second-order valence-electron chi connectivity index (χ2n) is 7.65. The molecule has 0 amide bonds. The van der Waals surface area contributed by atoms with Crippen LogP contribution in [-0.2, 0) is 6.42 Å². The summed E-state index contributed by atoms with van der Waals surface area (Å²) in [7, 11) is 3.25. The Morgan fingerprint density at radius 1 is 1.00 bits per heavy atom. The Hall–Kier alpha value is -4.39. The Balaban J connectivity index is 1.86. The molecule has 0 fully saturated rings. The molecular formula is C26H21N3O4. The van der Waals surface area contributed by atoms with Gasteiger partial charge in [0.15, 0.2) is 17.1 Å². The highest BCUT2D eigenvalue weighted by Crippen LogP contribution is 2.44. The zero-order valence-corrected chi connectivity index (χ0v) is 18.1. The molecule has 0 spiro atoms. The summed E-state index contributed by atoms with van der Waals surface area (Å²) in [4.78, 5) is 16.1. The third kappa shape index (κ3) is 3.53. The zero-order valence-electron chi connectivity index (χ0n) is 18.1. The zero-order chi connectivity index (χ0) is 22.9. The molecule has 2 heterocycles. The Morgan fingerprint density at radius 2 is 1.76 bits per heavy atom. The maximum Gasteiger partial charge on any atom is 0.335 e. The first-order valence-corrected chi connectivity index (χ1v) is 10.4. The third-order valence-corrected chi connectivity index (χ3v) is 5.76. The van der Waals surface area contributed by atoms with Crippen LogP contribution in [0, 0.1) is 0 Å². The van der Waals surface area contributed by atoms with Crippen molar-refractivity contribution < 1.29 is 19.4 Å². The van der Waals surface area contributed by atoms with Gasteiger partial charge in [-0.05, 0) is 23.8 Å². The highest BCUT2D eigenvalue weighted by molar-refractivity contribution is 6.13. The molecule has 0 saturated carbocycles. The summed E-state index contributed by atoms with van der Waals surface area (Å²) in [5.74, 6) is 0.290. The number of fused-ring (bicyclic) bond motifs is 3. The molecule has 0 bridgehead atoms. The first kappa shape index (κ1) is 20.5. The lowest BCUT2D eigenvalue weighted by atomic mass is 9.93. The van der Waals surface area contributed by atoms with Crippen molar-refractivity contribution in [3.63, 3.8) is 0 Å². The van der Waals surface area contributed by atoms with Crippen molar-refractivity contribution in [1.82, 2.24) is 15.2 Å². The average molecular weight is 439 g/mol. The van der Waals surface area contributed by atoms with Crippen LogP contribution in [0.5, 0.6) is 11.5 Å². The van der Waals surface area contributed by atoms with E-state index < -0.39 is 5.97 Å². The molecule has 3 aromatic carbocycles. The van der Waals surface area contributed by atoms with Crippen LogP contribution in [0.4, 0.5) is 0 Å². The lowest BCUT2D eigenvalue weighted by molar-refractivity contribution is 0.0697. The number of ether oxygens (including phenoxy) is 2. The molecular weight excluding hydrogens is 418 g/mol. The first-order chi connectivity index (χ1) is 16.1. The van der Waals surface area contributed by atoms with Crippen LogP contribution in [0.1, 0.15) is 21.5 Å². The summed E-state index contributed by atoms with van der Waals surface area (Å²) in [6.07, 6.45) is 2.39. The number of hydrogen-bond donors (Lipinski definition) is 2. The number of H-pyrrole nitrogens is 1. The van der Waals surface area contributed by atoms with E-state index in [1.165, 1.54) is 0 Å². The molecule has 2 N–H and O–H groups in total. The largest absolute Gasteiger partial charge is 0.493 e. The van der Waals surface area contributed by atoms with Crippen LogP contribution >= 0.6 is 0 Å². The van der Waals surface area contributed by atoms with E-state index in [4.69, 9.17) is 14.5 Å². The van der Waals surface area contributed by atoms with Gasteiger partial charge in [0, 0.05) is 33.7 Å². The van der Waals surface area contributed by atoms with Gasteiger partial charge in [-0.3, -0.25) is 5.10 Å². The number of nitrogens with one attached hydrogen (secondary N) is 1. The van der Waals surface area contributed by atoms with Crippen molar-refractivity contribution >= 4 is 27.8 Å². The van der Waals surface area contributed by atoms with Crippen molar-refractivity contribution in [1.29, 1.82) is 0 Å². The minimum Gasteiger partial charge on any atom is -0.493 e. The minimum absolute atomic E-state index is 0.217. The van der Waals surface area contributed by atoms with Gasteiger partial charge in [-0.2, -0.15) is 5.10 Å². The SMILES string of the molecule is COc1cc2c(-c3ccc(C(=O)O)cc3)nc3[nH]ncc3c2c(Cc2ccccc2)c1OC. The number of rotatable bonds is 6. The summed E-state index contributed by atoms with van der Waals surface area (Å²) in [6, 6.07) is 18.8. The molecule has 0 aliphatic carbocycles. The van der Waals surface area contributed by atoms with Crippen molar-refractivity contribution in [2.45, 2.75) is 6.42 Å². The maximum atomic E-state index is 11.3. The lowest BCUT2D eigenvalue weighted by Crippen LogP contribution is -2.01. The number of hydrogen-bond acceptors (Lipinski definition) is 5. The van der Waals surface area contributed by atoms with E-state index in [1.807, 2.05) is 24.3 Å². The summed E-state index contributed by atoms with van der Waals surface area (Å²) in [5, 5.41) is 19.2. The van der Waals surface area contributed by atoms with Gasteiger partial charge in [0.05, 0.1) is 31.7 Å². The van der Waals surface area contributed by atoms with Crippen LogP contribution in [0.3, 0.4) is 0 Å². The molecule has 0 aliphatic rings. The summed E-state index contributed by atoms with van der Waals surface area (Å²) < 4.78 is 11.5. The highest BCUT2D eigenvalue weighted by atomic mass is 16.5. The van der Waals surface area contributed by atoms with Gasteiger partial charge in [-0.1, -0.05) is 42.5 Å². The molecule has 0 radical (unpaired) electrons. The predicted octanol–water partition coefficient (Wildman–Crippen LogP) is 5.08. The standard InChI is InChI=1S/C26H21N3O4/c1-32-21-13-18-22(19(24(21)33-2)12-15-6-4-3-5-7-15)20-14-27-29-25(20)28-23(18)16-8-10-17(11-9-16)26(30)31/h3-11,13-14H,12H2,1-2H3,(H,30,31)(H,27,28,29). The normalized spacial score (nSPS) is 11.1. The first-order valence-electron chi connectivity index (χ1n) is 10.4. The fourth-order valence-corrected chi connectivity index (χ4v) is 4.24. The molecule has 2 aromatic heterocycles. The predicted molar refractivity (Wildman–Crippen MR) is 126 cm³/mol. The Kier molecular flexibility index (Phi) is 5.14. The Bertz CT molecular complexity index is 1480. The van der Waals surface area contributed by atoms with Crippen molar-refractivity contribution in [2.24, 2.45) is 0 Å². The molecule has 5 rings (SSSR count). The lowest BCUT2D eigenvalue weighted by Gasteiger charge is -2.18. The van der Waals surface area contributed by atoms with E-state index in [1.54, 1.807) is 44.7 Å². The number of carboxylic acid groups (broad SMARTS) is 1. The topological polar surface area (TPSA) is 97.3 Å². The third-order valence-electron chi connectivity index (χ3n) is 5.76. The molecule has 7 nitrogen and oxygen atoms in total. The summed E-state index contributed by atoms with van der Waals surface area (Å²) >= 11 is 0. The number of aromatic amines is 1. The second-order valence-corrected chi connectivity index (χ2v) is 7.65. The van der Waals surface area contributed by atoms with E-state index >= 15 is 0 Å². The monoisotopic (exact) mass is 439 g/mol. The van der Waals surface area contributed by atoms with E-state index in [2.05, 4.69) is 22.3 Å². The highest BCUT2D eigenvalue weighted by Gasteiger charge is 2.22. The van der Waals surface area contributed by atoms with E-state index in [0.29, 0.717) is 29.3 Å². The van der Waals surface area contributed by atoms with E-state index in [-0.39, 0.29) is 5.56 Å². The molecule has 0 aliphatic heterocycles. The van der Waals surface area contributed by atoms with Crippen molar-refractivity contribution in [2.75, 3.05) is 14.2 Å².